The van der Waals surface area contributed by atoms with Crippen molar-refractivity contribution in [3.05, 3.63) is 97.1 Å². The summed E-state index contributed by atoms with van der Waals surface area (Å²) in [5.74, 6) is -2.25. The molecule has 1 spiro atoms. The molecule has 5 rings (SSSR count). The van der Waals surface area contributed by atoms with Crippen LogP contribution in [0.25, 0.3) is 0 Å². The van der Waals surface area contributed by atoms with E-state index in [1.165, 1.54) is 0 Å². The topological polar surface area (TPSA) is 90.4 Å². The fourth-order valence-electron chi connectivity index (χ4n) is 8.20. The average molecular weight is 628 g/mol. The Balaban J connectivity index is 1.60. The Hall–Kier alpha value is -3.75. The highest BCUT2D eigenvalue weighted by atomic mass is 16.5. The van der Waals surface area contributed by atoms with Crippen LogP contribution in [-0.4, -0.2) is 87.1 Å². The van der Waals surface area contributed by atoms with Gasteiger partial charge >= 0.3 is 0 Å². The molecule has 0 aliphatic carbocycles. The minimum atomic E-state index is -1.17. The van der Waals surface area contributed by atoms with E-state index in [4.69, 9.17) is 4.74 Å². The van der Waals surface area contributed by atoms with E-state index in [0.29, 0.717) is 51.9 Å². The zero-order valence-electron chi connectivity index (χ0n) is 27.4. The summed E-state index contributed by atoms with van der Waals surface area (Å²) >= 11 is 0. The number of carbonyl (C=O) groups excluding carboxylic acids is 3. The van der Waals surface area contributed by atoms with Crippen molar-refractivity contribution in [2.45, 2.75) is 82.2 Å². The molecule has 46 heavy (non-hydrogen) atoms. The van der Waals surface area contributed by atoms with E-state index in [1.54, 1.807) is 26.9 Å². The number of aliphatic hydroxyl groups excluding tert-OH is 1. The molecular formula is C38H49N3O5. The Labute approximate surface area is 273 Å². The van der Waals surface area contributed by atoms with Gasteiger partial charge in [0.2, 0.25) is 17.7 Å². The number of carbonyl (C=O) groups is 3. The molecule has 3 aliphatic rings. The van der Waals surface area contributed by atoms with E-state index in [-0.39, 0.29) is 24.3 Å². The molecule has 3 fully saturated rings. The Morgan fingerprint density at radius 3 is 2.20 bits per heavy atom. The molecule has 2 bridgehead atoms. The maximum absolute atomic E-state index is 14.9. The molecule has 246 valence electrons. The predicted octanol–water partition coefficient (Wildman–Crippen LogP) is 4.77. The molecule has 3 aliphatic heterocycles. The number of unbranched alkanes of at least 4 members (excludes halogenated alkanes) is 1. The van der Waals surface area contributed by atoms with E-state index in [1.807, 2.05) is 67.6 Å². The van der Waals surface area contributed by atoms with E-state index < -0.39 is 35.1 Å². The van der Waals surface area contributed by atoms with Crippen molar-refractivity contribution in [1.29, 1.82) is 0 Å². The lowest BCUT2D eigenvalue weighted by Crippen LogP contribution is -2.59. The first-order valence-electron chi connectivity index (χ1n) is 16.8. The lowest BCUT2D eigenvalue weighted by atomic mass is 9.64. The smallest absolute Gasteiger partial charge is 0.248 e. The molecule has 3 heterocycles. The van der Waals surface area contributed by atoms with Gasteiger partial charge in [0.25, 0.3) is 0 Å². The number of fused-ring (bicyclic) bond motifs is 1. The van der Waals surface area contributed by atoms with Crippen molar-refractivity contribution in [1.82, 2.24) is 14.7 Å². The molecule has 2 unspecified atom stereocenters. The summed E-state index contributed by atoms with van der Waals surface area (Å²) < 4.78 is 7.05. The van der Waals surface area contributed by atoms with Gasteiger partial charge in [0.05, 0.1) is 30.1 Å². The third-order valence-electron chi connectivity index (χ3n) is 10.4. The summed E-state index contributed by atoms with van der Waals surface area (Å²) in [6, 6.07) is 17.9. The van der Waals surface area contributed by atoms with Crippen LogP contribution in [0.4, 0.5) is 0 Å². The van der Waals surface area contributed by atoms with Gasteiger partial charge in [-0.1, -0.05) is 93.1 Å². The zero-order valence-corrected chi connectivity index (χ0v) is 27.4. The fraction of sp³-hybridized carbons (Fsp3) is 0.500. The molecule has 2 aromatic carbocycles. The molecule has 0 saturated carbocycles. The van der Waals surface area contributed by atoms with E-state index in [9.17, 15) is 19.5 Å². The number of likely N-dealkylation sites (tertiary alicyclic amines) is 1. The third kappa shape index (κ3) is 5.93. The van der Waals surface area contributed by atoms with E-state index in [0.717, 1.165) is 24.0 Å². The van der Waals surface area contributed by atoms with E-state index in [2.05, 4.69) is 20.1 Å². The van der Waals surface area contributed by atoms with Crippen LogP contribution in [-0.2, 0) is 32.1 Å². The van der Waals surface area contributed by atoms with Gasteiger partial charge in [0.1, 0.15) is 11.6 Å². The Bertz CT molecular complexity index is 1400. The number of ether oxygens (including phenoxy) is 1. The summed E-state index contributed by atoms with van der Waals surface area (Å²) in [5, 5.41) is 10.8. The van der Waals surface area contributed by atoms with Crippen LogP contribution in [0, 0.1) is 11.8 Å². The largest absolute Gasteiger partial charge is 0.394 e. The summed E-state index contributed by atoms with van der Waals surface area (Å²) in [7, 11) is 0. The average Bonchev–Trinajstić information content (AvgIpc) is 3.69. The SMILES string of the molecule is C=CCN(CCCC)C(=O)C1N([C@@H](CO)Cc2ccccc2)C(=O)[C@@H]2[C@H](C(=O)N(CC=C)Cc3ccccc3)[C@]3(CC)CCC12O3. The molecule has 8 heteroatoms. The lowest BCUT2D eigenvalue weighted by Gasteiger charge is -2.39. The van der Waals surface area contributed by atoms with Crippen molar-refractivity contribution in [3.63, 3.8) is 0 Å². The lowest BCUT2D eigenvalue weighted by molar-refractivity contribution is -0.158. The summed E-state index contributed by atoms with van der Waals surface area (Å²) in [6.07, 6.45) is 7.12. The van der Waals surface area contributed by atoms with Crippen molar-refractivity contribution in [3.8, 4) is 0 Å². The van der Waals surface area contributed by atoms with Crippen LogP contribution in [0.1, 0.15) is 57.1 Å². The molecule has 6 atom stereocenters. The highest BCUT2D eigenvalue weighted by molar-refractivity contribution is 5.99. The van der Waals surface area contributed by atoms with Crippen molar-refractivity contribution < 1.29 is 24.2 Å². The second-order valence-electron chi connectivity index (χ2n) is 13.0. The Morgan fingerprint density at radius 1 is 0.978 bits per heavy atom. The van der Waals surface area contributed by atoms with Gasteiger partial charge in [-0.2, -0.15) is 0 Å². The number of benzene rings is 2. The van der Waals surface area contributed by atoms with Crippen molar-refractivity contribution in [2.24, 2.45) is 11.8 Å². The van der Waals surface area contributed by atoms with Gasteiger partial charge in [0.15, 0.2) is 0 Å². The quantitative estimate of drug-likeness (QED) is 0.271. The zero-order chi connectivity index (χ0) is 32.9. The summed E-state index contributed by atoms with van der Waals surface area (Å²) in [5.41, 5.74) is -0.105. The molecule has 3 amide bonds. The standard InChI is InChI=1S/C38H49N3O5/c1-5-9-24-39(22-6-2)36(45)33-38-21-20-37(8-4,46-38)31(34(43)40(23-7-3)26-29-18-14-11-15-19-29)32(38)35(44)41(33)30(27-42)25-28-16-12-10-13-17-28/h6-7,10-19,30-33,42H,2-3,5,8-9,20-27H2,1,4H3/t30-,31-,32+,33?,37+,38?/m1/s1. The number of aliphatic hydroxyl groups is 1. The maximum atomic E-state index is 14.9. The van der Waals surface area contributed by atoms with Crippen LogP contribution in [0.15, 0.2) is 86.0 Å². The van der Waals surface area contributed by atoms with Gasteiger partial charge < -0.3 is 24.5 Å². The van der Waals surface area contributed by atoms with Crippen LogP contribution in [0.3, 0.4) is 0 Å². The number of nitrogens with zero attached hydrogens (tertiary/aromatic N) is 3. The normalized spacial score (nSPS) is 26.9. The monoisotopic (exact) mass is 627 g/mol. The van der Waals surface area contributed by atoms with Gasteiger partial charge in [0, 0.05) is 26.2 Å². The number of rotatable bonds is 16. The Morgan fingerprint density at radius 2 is 1.61 bits per heavy atom. The molecule has 2 aromatic rings. The minimum Gasteiger partial charge on any atom is -0.394 e. The summed E-state index contributed by atoms with van der Waals surface area (Å²) in [6.45, 7) is 13.1. The Kier molecular flexibility index (Phi) is 10.5. The third-order valence-corrected chi connectivity index (χ3v) is 10.4. The number of hydrogen-bond acceptors (Lipinski definition) is 5. The van der Waals surface area contributed by atoms with Crippen LogP contribution in [0.2, 0.25) is 0 Å². The maximum Gasteiger partial charge on any atom is 0.248 e. The van der Waals surface area contributed by atoms with Gasteiger partial charge in [-0.15, -0.1) is 13.2 Å². The number of amides is 3. The molecule has 3 saturated heterocycles. The van der Waals surface area contributed by atoms with Crippen molar-refractivity contribution >= 4 is 17.7 Å². The van der Waals surface area contributed by atoms with Crippen molar-refractivity contribution in [2.75, 3.05) is 26.2 Å². The fourth-order valence-corrected chi connectivity index (χ4v) is 8.20. The second-order valence-corrected chi connectivity index (χ2v) is 13.0. The highest BCUT2D eigenvalue weighted by Gasteiger charge is 2.79. The molecule has 0 aromatic heterocycles. The van der Waals surface area contributed by atoms with Crippen LogP contribution >= 0.6 is 0 Å². The second kappa shape index (κ2) is 14.3. The molecule has 8 nitrogen and oxygen atoms in total. The van der Waals surface area contributed by atoms with Gasteiger partial charge in [-0.25, -0.2) is 0 Å². The molecule has 0 radical (unpaired) electrons. The molecule has 1 N–H and O–H groups in total. The van der Waals surface area contributed by atoms with Gasteiger partial charge in [-0.05, 0) is 43.2 Å². The van der Waals surface area contributed by atoms with Crippen LogP contribution in [0.5, 0.6) is 0 Å². The predicted molar refractivity (Wildman–Crippen MR) is 178 cm³/mol. The summed E-state index contributed by atoms with van der Waals surface area (Å²) in [4.78, 5) is 49.6. The first kappa shape index (κ1) is 33.6. The molecular weight excluding hydrogens is 578 g/mol. The first-order valence-corrected chi connectivity index (χ1v) is 16.8. The van der Waals surface area contributed by atoms with Gasteiger partial charge in [-0.3, -0.25) is 14.4 Å². The first-order chi connectivity index (χ1) is 22.3. The minimum absolute atomic E-state index is 0.156. The van der Waals surface area contributed by atoms with E-state index >= 15 is 0 Å². The highest BCUT2D eigenvalue weighted by Crippen LogP contribution is 2.65. The number of hydrogen-bond donors (Lipinski definition) is 1. The van der Waals surface area contributed by atoms with Crippen LogP contribution < -0.4 is 0 Å².